The number of carboxylic acid groups (broad SMARTS) is 1. The smallest absolute Gasteiger partial charge is 0.326 e. The quantitative estimate of drug-likeness (QED) is 0.209. The van der Waals surface area contributed by atoms with E-state index in [1.165, 1.54) is 0 Å². The van der Waals surface area contributed by atoms with E-state index < -0.39 is 47.7 Å². The van der Waals surface area contributed by atoms with Crippen molar-refractivity contribution in [3.8, 4) is 0 Å². The Morgan fingerprint density at radius 3 is 2.03 bits per heavy atom. The minimum Gasteiger partial charge on any atom is -0.480 e. The summed E-state index contributed by atoms with van der Waals surface area (Å²) >= 11 is 0. The van der Waals surface area contributed by atoms with E-state index in [0.29, 0.717) is 6.42 Å². The first-order valence-electron chi connectivity index (χ1n) is 9.54. The van der Waals surface area contributed by atoms with Gasteiger partial charge in [0.2, 0.25) is 23.6 Å². The zero-order valence-corrected chi connectivity index (χ0v) is 17.4. The molecule has 4 unspecified atom stereocenters. The second-order valence-electron chi connectivity index (χ2n) is 7.32. The van der Waals surface area contributed by atoms with Crippen LogP contribution in [0.1, 0.15) is 47.0 Å². The summed E-state index contributed by atoms with van der Waals surface area (Å²) in [7, 11) is 0. The fourth-order valence-electron chi connectivity index (χ4n) is 2.32. The zero-order valence-electron chi connectivity index (χ0n) is 17.4. The molecule has 4 amide bonds. The summed E-state index contributed by atoms with van der Waals surface area (Å²) in [4.78, 5) is 58.8. The maximum atomic E-state index is 12.6. The van der Waals surface area contributed by atoms with Gasteiger partial charge in [-0.05, 0) is 18.3 Å². The number of carboxylic acids is 1. The van der Waals surface area contributed by atoms with Gasteiger partial charge < -0.3 is 32.5 Å². The molecule has 8 N–H and O–H groups in total. The number of nitrogens with two attached hydrogens (primary N) is 2. The molecule has 0 aromatic heterocycles. The molecule has 29 heavy (non-hydrogen) atoms. The number of rotatable bonds is 13. The van der Waals surface area contributed by atoms with E-state index in [0.717, 1.165) is 0 Å². The van der Waals surface area contributed by atoms with Crippen LogP contribution in [-0.4, -0.2) is 59.4 Å². The molecule has 4 atom stereocenters. The van der Waals surface area contributed by atoms with Crippen molar-refractivity contribution in [3.63, 3.8) is 0 Å². The maximum absolute atomic E-state index is 12.6. The van der Waals surface area contributed by atoms with Crippen LogP contribution in [0.2, 0.25) is 0 Å². The first-order chi connectivity index (χ1) is 13.4. The molecule has 11 nitrogen and oxygen atoms in total. The average Bonchev–Trinajstić information content (AvgIpc) is 2.65. The van der Waals surface area contributed by atoms with Crippen LogP contribution in [0.15, 0.2) is 0 Å². The zero-order chi connectivity index (χ0) is 22.7. The summed E-state index contributed by atoms with van der Waals surface area (Å²) in [6.07, 6.45) is 0.155. The minimum absolute atomic E-state index is 0.106. The number of primary amides is 1. The number of hydrogen-bond acceptors (Lipinski definition) is 6. The second kappa shape index (κ2) is 12.7. The predicted octanol–water partition coefficient (Wildman–Crippen LogP) is -1.55. The van der Waals surface area contributed by atoms with Crippen molar-refractivity contribution in [3.05, 3.63) is 0 Å². The molecule has 0 spiro atoms. The molecule has 0 fully saturated rings. The molecule has 0 bridgehead atoms. The van der Waals surface area contributed by atoms with Gasteiger partial charge in [-0.15, -0.1) is 0 Å². The number of amides is 4. The van der Waals surface area contributed by atoms with Crippen molar-refractivity contribution in [2.75, 3.05) is 6.54 Å². The van der Waals surface area contributed by atoms with Crippen molar-refractivity contribution in [2.24, 2.45) is 23.3 Å². The molecule has 0 aliphatic rings. The first kappa shape index (κ1) is 26.3. The van der Waals surface area contributed by atoms with Crippen LogP contribution in [0.5, 0.6) is 0 Å². The van der Waals surface area contributed by atoms with Crippen molar-refractivity contribution in [1.29, 1.82) is 0 Å². The molecule has 0 rings (SSSR count). The highest BCUT2D eigenvalue weighted by atomic mass is 16.4. The third kappa shape index (κ3) is 9.88. The van der Waals surface area contributed by atoms with Crippen LogP contribution in [0.4, 0.5) is 0 Å². The van der Waals surface area contributed by atoms with Crippen LogP contribution in [-0.2, 0) is 24.0 Å². The molecular formula is C18H33N5O6. The molecule has 0 saturated carbocycles. The Morgan fingerprint density at radius 2 is 1.59 bits per heavy atom. The third-order valence-corrected chi connectivity index (χ3v) is 4.55. The lowest BCUT2D eigenvalue weighted by Gasteiger charge is -2.25. The molecule has 0 saturated heterocycles. The predicted molar refractivity (Wildman–Crippen MR) is 105 cm³/mol. The molecule has 11 heteroatoms. The number of nitrogens with one attached hydrogen (secondary N) is 3. The third-order valence-electron chi connectivity index (χ3n) is 4.55. The summed E-state index contributed by atoms with van der Waals surface area (Å²) in [5, 5.41) is 16.5. The van der Waals surface area contributed by atoms with E-state index in [-0.39, 0.29) is 31.2 Å². The molecule has 166 valence electrons. The second-order valence-corrected chi connectivity index (χ2v) is 7.32. The fourth-order valence-corrected chi connectivity index (χ4v) is 2.32. The Labute approximate surface area is 170 Å². The van der Waals surface area contributed by atoms with Gasteiger partial charge in [-0.3, -0.25) is 19.2 Å². The maximum Gasteiger partial charge on any atom is 0.326 e. The monoisotopic (exact) mass is 415 g/mol. The lowest BCUT2D eigenvalue weighted by Crippen LogP contribution is -2.56. The van der Waals surface area contributed by atoms with Crippen molar-refractivity contribution in [2.45, 2.75) is 65.1 Å². The van der Waals surface area contributed by atoms with Gasteiger partial charge in [0.05, 0.1) is 12.6 Å². The van der Waals surface area contributed by atoms with Crippen LogP contribution in [0, 0.1) is 11.8 Å². The van der Waals surface area contributed by atoms with Gasteiger partial charge in [0.15, 0.2) is 0 Å². The Morgan fingerprint density at radius 1 is 1.00 bits per heavy atom. The fraction of sp³-hybridized carbons (Fsp3) is 0.722. The van der Waals surface area contributed by atoms with Crippen LogP contribution >= 0.6 is 0 Å². The minimum atomic E-state index is -1.32. The summed E-state index contributed by atoms with van der Waals surface area (Å²) < 4.78 is 0. The van der Waals surface area contributed by atoms with E-state index in [9.17, 15) is 29.1 Å². The van der Waals surface area contributed by atoms with E-state index in [1.807, 2.05) is 6.92 Å². The van der Waals surface area contributed by atoms with Crippen molar-refractivity contribution >= 4 is 29.6 Å². The van der Waals surface area contributed by atoms with Gasteiger partial charge in [-0.1, -0.05) is 34.1 Å². The van der Waals surface area contributed by atoms with E-state index in [4.69, 9.17) is 11.5 Å². The highest BCUT2D eigenvalue weighted by Crippen LogP contribution is 2.09. The highest BCUT2D eigenvalue weighted by molar-refractivity contribution is 5.92. The van der Waals surface area contributed by atoms with Gasteiger partial charge in [-0.2, -0.15) is 0 Å². The molecule has 0 aliphatic carbocycles. The average molecular weight is 415 g/mol. The summed E-state index contributed by atoms with van der Waals surface area (Å²) in [6.45, 7) is 6.69. The Kier molecular flexibility index (Phi) is 11.5. The largest absolute Gasteiger partial charge is 0.480 e. The van der Waals surface area contributed by atoms with Gasteiger partial charge in [0.25, 0.3) is 0 Å². The Bertz CT molecular complexity index is 610. The molecule has 0 aromatic rings. The van der Waals surface area contributed by atoms with E-state index in [2.05, 4.69) is 16.0 Å². The van der Waals surface area contributed by atoms with Gasteiger partial charge in [0.1, 0.15) is 12.1 Å². The van der Waals surface area contributed by atoms with E-state index >= 15 is 0 Å². The number of aliphatic carboxylic acids is 1. The SMILES string of the molecule is CCC(C)C(NC(=O)CNC(=O)C(N)C(C)C)C(=O)NC(CCC(N)=O)C(=O)O. The van der Waals surface area contributed by atoms with Crippen molar-refractivity contribution < 1.29 is 29.1 Å². The summed E-state index contributed by atoms with van der Waals surface area (Å²) in [5.41, 5.74) is 10.7. The van der Waals surface area contributed by atoms with Crippen LogP contribution in [0.25, 0.3) is 0 Å². The number of hydrogen-bond donors (Lipinski definition) is 6. The Hall–Kier alpha value is -2.69. The van der Waals surface area contributed by atoms with Crippen LogP contribution < -0.4 is 27.4 Å². The van der Waals surface area contributed by atoms with E-state index in [1.54, 1.807) is 20.8 Å². The molecule has 0 radical (unpaired) electrons. The highest BCUT2D eigenvalue weighted by Gasteiger charge is 2.30. The van der Waals surface area contributed by atoms with Gasteiger partial charge in [-0.25, -0.2) is 4.79 Å². The summed E-state index contributed by atoms with van der Waals surface area (Å²) in [6, 6.07) is -3.10. The van der Waals surface area contributed by atoms with Gasteiger partial charge >= 0.3 is 5.97 Å². The molecular weight excluding hydrogens is 382 g/mol. The standard InChI is InChI=1S/C18H33N5O6/c1-5-10(4)15(17(27)22-11(18(28)29)6-7-12(19)24)23-13(25)8-21-16(26)14(20)9(2)3/h9-11,14-15H,5-8,20H2,1-4H3,(H2,19,24)(H,21,26)(H,22,27)(H,23,25)(H,28,29). The molecule has 0 aliphatic heterocycles. The summed E-state index contributed by atoms with van der Waals surface area (Å²) in [5.74, 6) is -4.22. The van der Waals surface area contributed by atoms with Gasteiger partial charge in [0, 0.05) is 6.42 Å². The number of carbonyl (C=O) groups is 5. The first-order valence-corrected chi connectivity index (χ1v) is 9.54. The Balaban J connectivity index is 4.99. The van der Waals surface area contributed by atoms with Crippen molar-refractivity contribution in [1.82, 2.24) is 16.0 Å². The topological polar surface area (TPSA) is 194 Å². The normalized spacial score (nSPS) is 15.0. The lowest BCUT2D eigenvalue weighted by atomic mass is 9.97. The molecule has 0 aromatic carbocycles. The number of carbonyl (C=O) groups excluding carboxylic acids is 4. The van der Waals surface area contributed by atoms with Crippen LogP contribution in [0.3, 0.4) is 0 Å². The molecule has 0 heterocycles. The lowest BCUT2D eigenvalue weighted by molar-refractivity contribution is -0.143.